The summed E-state index contributed by atoms with van der Waals surface area (Å²) in [6.07, 6.45) is 4.26. The molecule has 0 bridgehead atoms. The van der Waals surface area contributed by atoms with Gasteiger partial charge in [-0.1, -0.05) is 29.8 Å². The van der Waals surface area contributed by atoms with Crippen LogP contribution in [-0.4, -0.2) is 84.7 Å². The summed E-state index contributed by atoms with van der Waals surface area (Å²) in [7, 11) is -2.57. The first-order chi connectivity index (χ1) is 20.7. The summed E-state index contributed by atoms with van der Waals surface area (Å²) >= 11 is 6.34. The van der Waals surface area contributed by atoms with Crippen LogP contribution in [0.1, 0.15) is 31.2 Å². The van der Waals surface area contributed by atoms with Crippen molar-refractivity contribution in [3.63, 3.8) is 0 Å². The Bertz CT molecular complexity index is 1610. The Morgan fingerprint density at radius 1 is 1.14 bits per heavy atom. The second-order valence-corrected chi connectivity index (χ2v) is 13.8. The molecule has 6 rings (SSSR count). The Morgan fingerprint density at radius 2 is 1.93 bits per heavy atom. The van der Waals surface area contributed by atoms with Crippen molar-refractivity contribution in [1.82, 2.24) is 19.5 Å². The molecule has 1 amide bonds. The van der Waals surface area contributed by atoms with Crippen LogP contribution in [0.3, 0.4) is 0 Å². The molecule has 3 aliphatic rings. The molecule has 0 unspecified atom stereocenters. The Balaban J connectivity index is 1.31. The van der Waals surface area contributed by atoms with E-state index in [0.717, 1.165) is 21.0 Å². The maximum atomic E-state index is 14.0. The first-order valence-corrected chi connectivity index (χ1v) is 16.2. The number of amides is 1. The molecule has 1 aromatic heterocycles. The number of halogens is 1. The zero-order chi connectivity index (χ0) is 30.2. The molecular formula is C31H35ClN4O6S. The molecule has 12 heteroatoms. The van der Waals surface area contributed by atoms with Crippen LogP contribution in [-0.2, 0) is 21.4 Å². The van der Waals surface area contributed by atoms with Crippen LogP contribution < -0.4 is 14.8 Å². The molecular weight excluding hydrogens is 592 g/mol. The fraction of sp³-hybridized carbons (Fsp3) is 0.419. The van der Waals surface area contributed by atoms with Crippen LogP contribution in [0.4, 0.5) is 0 Å². The molecule has 2 aromatic carbocycles. The fourth-order valence-electron chi connectivity index (χ4n) is 6.28. The van der Waals surface area contributed by atoms with E-state index >= 15 is 0 Å². The maximum Gasteiger partial charge on any atom is 0.247 e. The number of nitrogens with one attached hydrogen (secondary N) is 1. The van der Waals surface area contributed by atoms with Crippen molar-refractivity contribution in [2.75, 3.05) is 33.4 Å². The first-order valence-electron chi connectivity index (χ1n) is 14.4. The highest BCUT2D eigenvalue weighted by Gasteiger charge is 2.47. The van der Waals surface area contributed by atoms with Gasteiger partial charge in [0.15, 0.2) is 0 Å². The van der Waals surface area contributed by atoms with Gasteiger partial charge in [-0.15, -0.1) is 0 Å². The Morgan fingerprint density at radius 3 is 2.70 bits per heavy atom. The molecule has 0 aliphatic carbocycles. The molecule has 43 heavy (non-hydrogen) atoms. The molecule has 4 heterocycles. The van der Waals surface area contributed by atoms with Crippen molar-refractivity contribution in [1.29, 1.82) is 0 Å². The van der Waals surface area contributed by atoms with Crippen molar-refractivity contribution in [2.24, 2.45) is 0 Å². The Hall–Kier alpha value is -3.22. The minimum absolute atomic E-state index is 0.0222. The fourth-order valence-corrected chi connectivity index (χ4v) is 8.21. The van der Waals surface area contributed by atoms with Gasteiger partial charge in [-0.3, -0.25) is 14.7 Å². The van der Waals surface area contributed by atoms with E-state index in [1.165, 1.54) is 6.07 Å². The lowest BCUT2D eigenvalue weighted by Crippen LogP contribution is -2.59. The van der Waals surface area contributed by atoms with E-state index in [1.54, 1.807) is 31.6 Å². The van der Waals surface area contributed by atoms with Crippen molar-refractivity contribution in [3.05, 3.63) is 71.5 Å². The number of ether oxygens (including phenoxy) is 2. The van der Waals surface area contributed by atoms with Gasteiger partial charge in [0.1, 0.15) is 22.4 Å². The average molecular weight is 627 g/mol. The number of carbonyl (C=O) groups is 1. The van der Waals surface area contributed by atoms with E-state index in [1.807, 2.05) is 30.3 Å². The smallest absolute Gasteiger partial charge is 0.247 e. The topological polar surface area (TPSA) is 121 Å². The number of hydrogen-bond donors (Lipinski definition) is 2. The number of likely N-dealkylation sites (tertiary alicyclic amines) is 1. The number of aliphatic hydroxyl groups is 1. The maximum absolute atomic E-state index is 14.0. The molecule has 228 valence electrons. The normalized spacial score (nSPS) is 23.8. The number of pyridine rings is 1. The van der Waals surface area contributed by atoms with Crippen LogP contribution >= 0.6 is 11.6 Å². The number of aromatic nitrogens is 1. The van der Waals surface area contributed by atoms with E-state index in [2.05, 4.69) is 15.2 Å². The monoisotopic (exact) mass is 626 g/mol. The van der Waals surface area contributed by atoms with Gasteiger partial charge in [0.25, 0.3) is 0 Å². The Labute approximate surface area is 256 Å². The predicted molar refractivity (Wildman–Crippen MR) is 161 cm³/mol. The zero-order valence-corrected chi connectivity index (χ0v) is 25.5. The molecule has 2 saturated heterocycles. The van der Waals surface area contributed by atoms with Crippen LogP contribution in [0.25, 0.3) is 11.1 Å². The molecule has 2 fully saturated rings. The van der Waals surface area contributed by atoms with Crippen molar-refractivity contribution in [2.45, 2.75) is 54.8 Å². The van der Waals surface area contributed by atoms with Gasteiger partial charge in [-0.2, -0.15) is 4.31 Å². The largest absolute Gasteiger partial charge is 0.497 e. The third-order valence-electron chi connectivity index (χ3n) is 8.76. The summed E-state index contributed by atoms with van der Waals surface area (Å²) < 4.78 is 40.8. The van der Waals surface area contributed by atoms with E-state index in [4.69, 9.17) is 21.1 Å². The predicted octanol–water partition coefficient (Wildman–Crippen LogP) is 3.47. The van der Waals surface area contributed by atoms with Gasteiger partial charge < -0.3 is 19.9 Å². The summed E-state index contributed by atoms with van der Waals surface area (Å²) in [6.45, 7) is 2.15. The number of piperidine rings is 1. The SMILES string of the molecule is COc1cccc(-c2ccc3c(c2)OCCC2(CCN(Cc4ccncc4Cl)CC2)NC(=O)[C@@H]2C[C@@H](O)CN2S3(=O)=O)c1. The van der Waals surface area contributed by atoms with Crippen molar-refractivity contribution < 1.29 is 27.8 Å². The zero-order valence-electron chi connectivity index (χ0n) is 23.9. The molecule has 0 saturated carbocycles. The quantitative estimate of drug-likeness (QED) is 0.452. The van der Waals surface area contributed by atoms with E-state index < -0.39 is 27.7 Å². The average Bonchev–Trinajstić information content (AvgIpc) is 3.41. The number of carbonyl (C=O) groups excluding carboxylic acids is 1. The molecule has 10 nitrogen and oxygen atoms in total. The van der Waals surface area contributed by atoms with Gasteiger partial charge in [0.2, 0.25) is 15.9 Å². The number of hydrogen-bond acceptors (Lipinski definition) is 8. The number of sulfonamides is 1. The van der Waals surface area contributed by atoms with Gasteiger partial charge in [-0.05, 0) is 59.9 Å². The molecule has 3 aromatic rings. The molecule has 3 aliphatic heterocycles. The summed E-state index contributed by atoms with van der Waals surface area (Å²) in [5.74, 6) is 0.512. The second-order valence-electron chi connectivity index (χ2n) is 11.5. The van der Waals surface area contributed by atoms with Gasteiger partial charge in [0, 0.05) is 57.0 Å². The number of methoxy groups -OCH3 is 1. The molecule has 2 atom stereocenters. The number of rotatable bonds is 4. The standard InChI is InChI=1S/C31H35ClN4O6S/c1-41-25-4-2-3-21(15-25)22-5-6-29-28(16-22)42-14-10-31(34-30(38)27-17-24(37)20-36(27)43(29,39)40)8-12-35(13-9-31)19-23-7-11-33-18-26(23)32/h2-7,11,15-16,18,24,27,37H,8-10,12-14,17,19-20H2,1H3,(H,34,38)/t24-,27+/m1/s1. The Kier molecular flexibility index (Phi) is 8.36. The highest BCUT2D eigenvalue weighted by molar-refractivity contribution is 7.89. The second kappa shape index (κ2) is 12.0. The van der Waals surface area contributed by atoms with Gasteiger partial charge >= 0.3 is 0 Å². The third-order valence-corrected chi connectivity index (χ3v) is 11.0. The minimum atomic E-state index is -4.17. The van der Waals surface area contributed by atoms with E-state index in [9.17, 15) is 18.3 Å². The number of benzene rings is 2. The lowest BCUT2D eigenvalue weighted by molar-refractivity contribution is -0.127. The highest BCUT2D eigenvalue weighted by Crippen LogP contribution is 2.38. The summed E-state index contributed by atoms with van der Waals surface area (Å²) in [5.41, 5.74) is 2.02. The van der Waals surface area contributed by atoms with Crippen LogP contribution in [0.2, 0.25) is 5.02 Å². The van der Waals surface area contributed by atoms with E-state index in [-0.39, 0.29) is 36.1 Å². The highest BCUT2D eigenvalue weighted by atomic mass is 35.5. The van der Waals surface area contributed by atoms with Gasteiger partial charge in [-0.25, -0.2) is 8.42 Å². The minimum Gasteiger partial charge on any atom is -0.497 e. The molecule has 0 radical (unpaired) electrons. The van der Waals surface area contributed by atoms with E-state index in [0.29, 0.717) is 49.7 Å². The lowest BCUT2D eigenvalue weighted by atomic mass is 9.84. The van der Waals surface area contributed by atoms with Crippen LogP contribution in [0.15, 0.2) is 65.8 Å². The van der Waals surface area contributed by atoms with Gasteiger partial charge in [0.05, 0.1) is 24.8 Å². The number of fused-ring (bicyclic) bond motifs is 2. The number of nitrogens with zero attached hydrogens (tertiary/aromatic N) is 3. The first kappa shape index (κ1) is 29.8. The third kappa shape index (κ3) is 6.09. The molecule has 2 N–H and O–H groups in total. The van der Waals surface area contributed by atoms with Crippen molar-refractivity contribution >= 4 is 27.5 Å². The van der Waals surface area contributed by atoms with Crippen LogP contribution in [0, 0.1) is 0 Å². The number of aliphatic hydroxyl groups excluding tert-OH is 1. The summed E-state index contributed by atoms with van der Waals surface area (Å²) in [5, 5.41) is 14.4. The van der Waals surface area contributed by atoms with Crippen LogP contribution in [0.5, 0.6) is 11.5 Å². The molecule has 1 spiro atoms. The van der Waals surface area contributed by atoms with Crippen molar-refractivity contribution in [3.8, 4) is 22.6 Å². The summed E-state index contributed by atoms with van der Waals surface area (Å²) in [4.78, 5) is 20.1. The lowest BCUT2D eigenvalue weighted by Gasteiger charge is -2.43. The summed E-state index contributed by atoms with van der Waals surface area (Å²) in [6, 6.07) is 13.4.